The SMILES string of the molecule is COC(=O)C1CCC(F)(F)CC1.COC=CC1CCC(F)(F)CC1.Cc1ccc(S(=O)(=O)OCCC2CCC(F)(F)CC2)cc1. The molecule has 0 aliphatic heterocycles. The number of ether oxygens (including phenoxy) is 2. The molecule has 3 aliphatic carbocycles. The van der Waals surface area contributed by atoms with Crippen molar-refractivity contribution in [3.8, 4) is 0 Å². The van der Waals surface area contributed by atoms with E-state index in [4.69, 9.17) is 8.92 Å². The largest absolute Gasteiger partial charge is 0.505 e. The number of rotatable bonds is 8. The van der Waals surface area contributed by atoms with Crippen LogP contribution in [0.4, 0.5) is 26.3 Å². The smallest absolute Gasteiger partial charge is 0.308 e. The molecule has 3 saturated carbocycles. The Labute approximate surface area is 263 Å². The average Bonchev–Trinajstić information content (AvgIpc) is 2.98. The summed E-state index contributed by atoms with van der Waals surface area (Å²) in [6.07, 6.45) is 5.91. The van der Waals surface area contributed by atoms with Crippen LogP contribution in [0, 0.1) is 24.7 Å². The molecule has 0 saturated heterocycles. The van der Waals surface area contributed by atoms with E-state index in [9.17, 15) is 39.6 Å². The van der Waals surface area contributed by atoms with Crippen molar-refractivity contribution in [1.82, 2.24) is 0 Å². The molecule has 45 heavy (non-hydrogen) atoms. The third-order valence-corrected chi connectivity index (χ3v) is 9.74. The Morgan fingerprint density at radius 2 is 1.27 bits per heavy atom. The average molecular weight is 673 g/mol. The molecule has 4 rings (SSSR count). The van der Waals surface area contributed by atoms with Crippen molar-refractivity contribution in [3.05, 3.63) is 42.2 Å². The molecule has 0 unspecified atom stereocenters. The summed E-state index contributed by atoms with van der Waals surface area (Å²) in [5, 5.41) is 0. The van der Waals surface area contributed by atoms with E-state index in [1.807, 2.05) is 13.0 Å². The second-order valence-electron chi connectivity index (χ2n) is 12.1. The zero-order chi connectivity index (χ0) is 33.7. The van der Waals surface area contributed by atoms with Gasteiger partial charge in [-0.15, -0.1) is 0 Å². The minimum absolute atomic E-state index is 0.0196. The second kappa shape index (κ2) is 17.6. The predicted octanol–water partition coefficient (Wildman–Crippen LogP) is 8.87. The van der Waals surface area contributed by atoms with Crippen molar-refractivity contribution in [2.75, 3.05) is 20.8 Å². The monoisotopic (exact) mass is 672 g/mol. The maximum absolute atomic E-state index is 13.0. The molecule has 1 aromatic carbocycles. The fraction of sp³-hybridized carbons (Fsp3) is 0.719. The molecule has 1 aromatic rings. The number of alkyl halides is 6. The van der Waals surface area contributed by atoms with E-state index < -0.39 is 27.9 Å². The van der Waals surface area contributed by atoms with Gasteiger partial charge >= 0.3 is 5.97 Å². The highest BCUT2D eigenvalue weighted by atomic mass is 32.2. The number of allylic oxidation sites excluding steroid dienone is 1. The third kappa shape index (κ3) is 14.8. The van der Waals surface area contributed by atoms with Crippen LogP contribution < -0.4 is 0 Å². The second-order valence-corrected chi connectivity index (χ2v) is 13.7. The molecule has 6 nitrogen and oxygen atoms in total. The summed E-state index contributed by atoms with van der Waals surface area (Å²) in [5.41, 5.74) is 0.970. The standard InChI is InChI=1S/C15H20F2O3S.C9H14F2O.C8H12F2O2/c1-12-2-4-14(5-3-12)21(18,19)20-11-8-13-6-9-15(16,17)10-7-13;1-12-7-4-8-2-5-9(10,11)6-3-8;1-12-7(11)6-2-4-8(9,10)5-3-6/h2-5,13H,6-11H2,1H3;4,7-8H,2-3,5-6H2,1H3;6H,2-5H2,1H3. The maximum atomic E-state index is 13.0. The lowest BCUT2D eigenvalue weighted by atomic mass is 9.85. The van der Waals surface area contributed by atoms with Crippen LogP contribution in [0.15, 0.2) is 41.5 Å². The normalized spacial score (nSPS) is 22.0. The number of methoxy groups -OCH3 is 2. The number of aryl methyl sites for hydroxylation is 1. The molecule has 3 fully saturated rings. The van der Waals surface area contributed by atoms with Crippen LogP contribution in [-0.2, 0) is 28.6 Å². The number of hydrogen-bond donors (Lipinski definition) is 0. The first-order chi connectivity index (χ1) is 21.0. The topological polar surface area (TPSA) is 78.9 Å². The molecule has 0 spiro atoms. The Balaban J connectivity index is 0.000000252. The van der Waals surface area contributed by atoms with Crippen LogP contribution in [0.3, 0.4) is 0 Å². The Morgan fingerprint density at radius 3 is 1.73 bits per heavy atom. The van der Waals surface area contributed by atoms with Crippen LogP contribution in [0.1, 0.15) is 89.0 Å². The van der Waals surface area contributed by atoms with Crippen LogP contribution in [0.2, 0.25) is 0 Å². The minimum atomic E-state index is -3.75. The van der Waals surface area contributed by atoms with Crippen molar-refractivity contribution < 1.29 is 53.2 Å². The van der Waals surface area contributed by atoms with Gasteiger partial charge in [-0.05, 0) is 81.9 Å². The summed E-state index contributed by atoms with van der Waals surface area (Å²) in [5.74, 6) is -7.80. The van der Waals surface area contributed by atoms with Crippen LogP contribution in [0.25, 0.3) is 0 Å². The van der Waals surface area contributed by atoms with Crippen molar-refractivity contribution >= 4 is 16.1 Å². The van der Waals surface area contributed by atoms with Gasteiger partial charge in [0.25, 0.3) is 10.1 Å². The Hall–Kier alpha value is -2.28. The number of halogens is 6. The van der Waals surface area contributed by atoms with Crippen molar-refractivity contribution in [1.29, 1.82) is 0 Å². The molecular weight excluding hydrogens is 626 g/mol. The summed E-state index contributed by atoms with van der Waals surface area (Å²) < 4.78 is 115. The molecule has 0 atom stereocenters. The molecule has 3 aliphatic rings. The number of hydrogen-bond acceptors (Lipinski definition) is 6. The molecular formula is C32H46F6O6S. The van der Waals surface area contributed by atoms with E-state index in [-0.39, 0.29) is 86.6 Å². The first-order valence-electron chi connectivity index (χ1n) is 15.3. The molecule has 13 heteroatoms. The number of benzene rings is 1. The van der Waals surface area contributed by atoms with E-state index in [0.29, 0.717) is 32.1 Å². The van der Waals surface area contributed by atoms with Crippen LogP contribution in [0.5, 0.6) is 0 Å². The van der Waals surface area contributed by atoms with Crippen LogP contribution >= 0.6 is 0 Å². The van der Waals surface area contributed by atoms with E-state index in [1.165, 1.54) is 19.2 Å². The van der Waals surface area contributed by atoms with E-state index in [0.717, 1.165) is 5.56 Å². The number of carbonyl (C=O) groups excluding carboxylic acids is 1. The lowest BCUT2D eigenvalue weighted by molar-refractivity contribution is -0.149. The van der Waals surface area contributed by atoms with E-state index in [2.05, 4.69) is 4.74 Å². The van der Waals surface area contributed by atoms with Gasteiger partial charge in [-0.1, -0.05) is 17.7 Å². The van der Waals surface area contributed by atoms with Gasteiger partial charge in [0.15, 0.2) is 0 Å². The first kappa shape index (κ1) is 38.9. The van der Waals surface area contributed by atoms with Gasteiger partial charge in [0, 0.05) is 38.5 Å². The first-order valence-corrected chi connectivity index (χ1v) is 16.8. The van der Waals surface area contributed by atoms with Gasteiger partial charge in [-0.3, -0.25) is 8.98 Å². The van der Waals surface area contributed by atoms with Gasteiger partial charge < -0.3 is 9.47 Å². The molecule has 258 valence electrons. The summed E-state index contributed by atoms with van der Waals surface area (Å²) in [7, 11) is -0.899. The highest BCUT2D eigenvalue weighted by Crippen LogP contribution is 2.38. The van der Waals surface area contributed by atoms with Gasteiger partial charge in [-0.25, -0.2) is 26.3 Å². The maximum Gasteiger partial charge on any atom is 0.308 e. The van der Waals surface area contributed by atoms with E-state index >= 15 is 0 Å². The predicted molar refractivity (Wildman–Crippen MR) is 158 cm³/mol. The minimum Gasteiger partial charge on any atom is -0.505 e. The van der Waals surface area contributed by atoms with Crippen LogP contribution in [-0.4, -0.2) is 53.0 Å². The van der Waals surface area contributed by atoms with Crippen molar-refractivity contribution in [3.63, 3.8) is 0 Å². The fourth-order valence-electron chi connectivity index (χ4n) is 5.37. The van der Waals surface area contributed by atoms with Gasteiger partial charge in [-0.2, -0.15) is 8.42 Å². The lowest BCUT2D eigenvalue weighted by Crippen LogP contribution is -2.29. The molecule has 0 bridgehead atoms. The van der Waals surface area contributed by atoms with Gasteiger partial charge in [0.2, 0.25) is 17.8 Å². The molecule has 0 N–H and O–H groups in total. The zero-order valence-electron chi connectivity index (χ0n) is 26.2. The van der Waals surface area contributed by atoms with Crippen molar-refractivity contribution in [2.45, 2.75) is 113 Å². The summed E-state index contributed by atoms with van der Waals surface area (Å²) in [6.45, 7) is 1.92. The summed E-state index contributed by atoms with van der Waals surface area (Å²) in [4.78, 5) is 11.0. The van der Waals surface area contributed by atoms with Gasteiger partial charge in [0.1, 0.15) is 0 Å². The Bertz CT molecular complexity index is 1140. The molecule has 0 radical (unpaired) electrons. The highest BCUT2D eigenvalue weighted by Gasteiger charge is 2.38. The number of carbonyl (C=O) groups is 1. The van der Waals surface area contributed by atoms with Gasteiger partial charge in [0.05, 0.1) is 37.9 Å². The quantitative estimate of drug-likeness (QED) is 0.119. The Kier molecular flexibility index (Phi) is 15.2. The highest BCUT2D eigenvalue weighted by molar-refractivity contribution is 7.86. The summed E-state index contributed by atoms with van der Waals surface area (Å²) in [6, 6.07) is 6.43. The Morgan fingerprint density at radius 1 is 0.800 bits per heavy atom. The zero-order valence-corrected chi connectivity index (χ0v) is 27.0. The third-order valence-electron chi connectivity index (χ3n) is 8.41. The number of esters is 1. The lowest BCUT2D eigenvalue weighted by Gasteiger charge is -2.27. The fourth-order valence-corrected chi connectivity index (χ4v) is 6.29. The molecule has 0 aromatic heterocycles. The summed E-state index contributed by atoms with van der Waals surface area (Å²) >= 11 is 0. The molecule has 0 amide bonds. The van der Waals surface area contributed by atoms with E-state index in [1.54, 1.807) is 25.5 Å². The van der Waals surface area contributed by atoms with Crippen molar-refractivity contribution in [2.24, 2.45) is 17.8 Å². The molecule has 0 heterocycles.